The SMILES string of the molecule is C#Cc1cccc2cc(NC(=O)OC(C)(C)C)cc(-c3nc4c5c(nc(OCC6(CN7CC[C@@H](F)C7)CC6)nc5c3F)N3C[C@H]5CC[C@@H]([C@H]3[C@H](C)O4)N5C(=O)OC(C)(C)C)c12. The van der Waals surface area contributed by atoms with Crippen molar-refractivity contribution < 1.29 is 37.3 Å². The van der Waals surface area contributed by atoms with Crippen molar-refractivity contribution >= 4 is 45.4 Å². The summed E-state index contributed by atoms with van der Waals surface area (Å²) in [5, 5.41) is 4.26. The minimum absolute atomic E-state index is 0.00898. The summed E-state index contributed by atoms with van der Waals surface area (Å²) < 4.78 is 56.6. The first-order chi connectivity index (χ1) is 28.9. The van der Waals surface area contributed by atoms with Gasteiger partial charge < -0.3 is 23.8 Å². The lowest BCUT2D eigenvalue weighted by Gasteiger charge is -2.48. The van der Waals surface area contributed by atoms with E-state index in [4.69, 9.17) is 40.3 Å². The van der Waals surface area contributed by atoms with Gasteiger partial charge in [-0.3, -0.25) is 15.1 Å². The number of hydrogen-bond donors (Lipinski definition) is 1. The van der Waals surface area contributed by atoms with Crippen molar-refractivity contribution in [3.63, 3.8) is 0 Å². The lowest BCUT2D eigenvalue weighted by Crippen LogP contribution is -2.65. The number of ether oxygens (including phenoxy) is 4. The first-order valence-corrected chi connectivity index (χ1v) is 21.3. The Morgan fingerprint density at radius 1 is 1.02 bits per heavy atom. The number of benzene rings is 2. The third-order valence-corrected chi connectivity index (χ3v) is 12.3. The molecule has 0 unspecified atom stereocenters. The number of anilines is 2. The van der Waals surface area contributed by atoms with E-state index in [0.717, 1.165) is 19.3 Å². The maximum absolute atomic E-state index is 17.8. The van der Waals surface area contributed by atoms with Gasteiger partial charge >= 0.3 is 18.2 Å². The molecule has 2 amide bonds. The maximum Gasteiger partial charge on any atom is 0.412 e. The third-order valence-electron chi connectivity index (χ3n) is 12.3. The quantitative estimate of drug-likeness (QED) is 0.181. The van der Waals surface area contributed by atoms with Gasteiger partial charge in [0.15, 0.2) is 5.82 Å². The molecule has 4 aliphatic heterocycles. The molecule has 6 heterocycles. The minimum atomic E-state index is -0.830. The summed E-state index contributed by atoms with van der Waals surface area (Å²) >= 11 is 0. The average molecular weight is 838 g/mol. The number of halogens is 2. The zero-order valence-corrected chi connectivity index (χ0v) is 35.8. The van der Waals surface area contributed by atoms with Gasteiger partial charge in [-0.25, -0.2) is 23.4 Å². The number of nitrogens with zero attached hydrogens (tertiary/aromatic N) is 6. The van der Waals surface area contributed by atoms with Crippen LogP contribution in [0.3, 0.4) is 0 Å². The summed E-state index contributed by atoms with van der Waals surface area (Å²) in [6.45, 7) is 15.2. The van der Waals surface area contributed by atoms with E-state index in [2.05, 4.69) is 21.0 Å². The number of aromatic nitrogens is 3. The Kier molecular flexibility index (Phi) is 9.96. The Balaban J connectivity index is 1.18. The van der Waals surface area contributed by atoms with E-state index in [1.807, 2.05) is 38.7 Å². The molecule has 61 heavy (non-hydrogen) atoms. The van der Waals surface area contributed by atoms with Gasteiger partial charge in [0.1, 0.15) is 45.9 Å². The summed E-state index contributed by atoms with van der Waals surface area (Å²) in [6, 6.07) is 7.83. The molecular formula is C46H53F2N7O6. The highest BCUT2D eigenvalue weighted by atomic mass is 19.1. The second-order valence-corrected chi connectivity index (χ2v) is 19.4. The summed E-state index contributed by atoms with van der Waals surface area (Å²) in [5.74, 6) is 2.49. The molecule has 9 rings (SSSR count). The summed E-state index contributed by atoms with van der Waals surface area (Å²) in [7, 11) is 0. The Hall–Kier alpha value is -5.49. The lowest BCUT2D eigenvalue weighted by molar-refractivity contribution is 0.000916. The van der Waals surface area contributed by atoms with E-state index in [1.165, 1.54) is 0 Å². The number of hydrogen-bond acceptors (Lipinski definition) is 11. The van der Waals surface area contributed by atoms with Crippen LogP contribution in [0.1, 0.15) is 86.1 Å². The van der Waals surface area contributed by atoms with Crippen LogP contribution in [-0.4, -0.2) is 111 Å². The number of pyridine rings is 1. The van der Waals surface area contributed by atoms with Crippen molar-refractivity contribution in [1.82, 2.24) is 24.8 Å². The number of piperazine rings is 1. The molecule has 2 aromatic heterocycles. The standard InChI is InChI=1S/C46H53F2N7O6/c1-9-26-11-10-12-27-19-29(49-42(56)60-44(3,4)5)20-31(33(26)27)36-35(48)37-34-39(52-41(51-37)58-24-46(16-17-46)23-53-18-15-28(47)21-53)54-22-30-13-14-32(38(54)25(2)59-40(34)50-36)55(30)43(57)61-45(6,7)8/h1,10-12,19-20,25,28,30,32,38H,13-18,21-24H2,2-8H3,(H,49,56)/t25-,28+,30+,32-,38+/m0/s1. The second-order valence-electron chi connectivity index (χ2n) is 19.4. The molecule has 13 nitrogen and oxygen atoms in total. The van der Waals surface area contributed by atoms with E-state index in [1.54, 1.807) is 45.0 Å². The van der Waals surface area contributed by atoms with Gasteiger partial charge in [0, 0.05) is 53.8 Å². The Morgan fingerprint density at radius 3 is 2.48 bits per heavy atom. The average Bonchev–Trinajstić information content (AvgIpc) is 3.74. The van der Waals surface area contributed by atoms with Crippen LogP contribution in [0.25, 0.3) is 32.9 Å². The molecule has 1 N–H and O–H groups in total. The Bertz CT molecular complexity index is 2480. The van der Waals surface area contributed by atoms with Gasteiger partial charge in [-0.15, -0.1) is 6.42 Å². The number of alkyl halides is 1. The van der Waals surface area contributed by atoms with E-state index in [9.17, 15) is 14.0 Å². The van der Waals surface area contributed by atoms with Crippen molar-refractivity contribution in [2.75, 3.05) is 43.0 Å². The van der Waals surface area contributed by atoms with Gasteiger partial charge in [0.25, 0.3) is 0 Å². The molecule has 3 saturated heterocycles. The van der Waals surface area contributed by atoms with Crippen LogP contribution in [0.15, 0.2) is 30.3 Å². The van der Waals surface area contributed by atoms with Gasteiger partial charge in [0.2, 0.25) is 5.88 Å². The largest absolute Gasteiger partial charge is 0.472 e. The molecule has 1 aliphatic carbocycles. The molecule has 0 radical (unpaired) electrons. The normalized spacial score (nSPS) is 24.2. The number of terminal acetylenes is 1. The van der Waals surface area contributed by atoms with Crippen molar-refractivity contribution in [3.05, 3.63) is 41.7 Å². The number of amides is 2. The fourth-order valence-corrected chi connectivity index (χ4v) is 9.64. The van der Waals surface area contributed by atoms with Gasteiger partial charge in [-0.05, 0) is 104 Å². The fraction of sp³-hybridized carbons (Fsp3) is 0.543. The lowest BCUT2D eigenvalue weighted by atomic mass is 9.95. The van der Waals surface area contributed by atoms with Crippen LogP contribution in [0.5, 0.6) is 11.9 Å². The zero-order valence-electron chi connectivity index (χ0n) is 35.8. The molecule has 2 aromatic carbocycles. The van der Waals surface area contributed by atoms with Crippen molar-refractivity contribution in [3.8, 4) is 35.5 Å². The monoisotopic (exact) mass is 837 g/mol. The highest BCUT2D eigenvalue weighted by molar-refractivity contribution is 6.06. The Labute approximate surface area is 354 Å². The Morgan fingerprint density at radius 2 is 1.79 bits per heavy atom. The maximum atomic E-state index is 17.8. The number of fused-ring (bicyclic) bond motifs is 6. The second kappa shape index (κ2) is 14.9. The van der Waals surface area contributed by atoms with E-state index in [0.29, 0.717) is 72.4 Å². The first-order valence-electron chi connectivity index (χ1n) is 21.3. The van der Waals surface area contributed by atoms with Crippen LogP contribution >= 0.6 is 0 Å². The number of carbonyl (C=O) groups excluding carboxylic acids is 2. The third kappa shape index (κ3) is 7.83. The summed E-state index contributed by atoms with van der Waals surface area (Å²) in [6.07, 6.45) is 7.37. The number of carbonyl (C=O) groups is 2. The van der Waals surface area contributed by atoms with E-state index < -0.39 is 41.4 Å². The smallest absolute Gasteiger partial charge is 0.412 e. The molecule has 5 aliphatic rings. The van der Waals surface area contributed by atoms with Gasteiger partial charge in [-0.2, -0.15) is 9.97 Å². The van der Waals surface area contributed by atoms with Crippen molar-refractivity contribution in [1.29, 1.82) is 0 Å². The summed E-state index contributed by atoms with van der Waals surface area (Å²) in [4.78, 5) is 47.6. The predicted octanol–water partition coefficient (Wildman–Crippen LogP) is 8.25. The van der Waals surface area contributed by atoms with Crippen LogP contribution < -0.4 is 19.7 Å². The highest BCUT2D eigenvalue weighted by Gasteiger charge is 2.54. The predicted molar refractivity (Wildman–Crippen MR) is 227 cm³/mol. The van der Waals surface area contributed by atoms with Crippen LogP contribution in [0.2, 0.25) is 0 Å². The topological polar surface area (TPSA) is 131 Å². The molecule has 2 bridgehead atoms. The fourth-order valence-electron chi connectivity index (χ4n) is 9.64. The van der Waals surface area contributed by atoms with Crippen molar-refractivity contribution in [2.45, 2.75) is 122 Å². The molecule has 5 atom stereocenters. The van der Waals surface area contributed by atoms with Crippen LogP contribution in [-0.2, 0) is 9.47 Å². The molecule has 1 saturated carbocycles. The van der Waals surface area contributed by atoms with Crippen molar-refractivity contribution in [2.24, 2.45) is 5.41 Å². The van der Waals surface area contributed by atoms with E-state index in [-0.39, 0.29) is 58.7 Å². The number of likely N-dealkylation sites (tertiary alicyclic amines) is 1. The molecular weight excluding hydrogens is 785 g/mol. The van der Waals surface area contributed by atoms with Crippen LogP contribution in [0, 0.1) is 23.6 Å². The summed E-state index contributed by atoms with van der Waals surface area (Å²) in [5.41, 5.74) is -0.670. The molecule has 0 spiro atoms. The molecule has 322 valence electrons. The minimum Gasteiger partial charge on any atom is -0.472 e. The van der Waals surface area contributed by atoms with E-state index >= 15 is 4.39 Å². The van der Waals surface area contributed by atoms with Crippen LogP contribution in [0.4, 0.5) is 29.9 Å². The number of nitrogens with one attached hydrogen (secondary N) is 1. The molecule has 15 heteroatoms. The highest BCUT2D eigenvalue weighted by Crippen LogP contribution is 2.49. The molecule has 4 aromatic rings. The first kappa shape index (κ1) is 40.9. The van der Waals surface area contributed by atoms with Gasteiger partial charge in [0.05, 0.1) is 24.7 Å². The number of rotatable bonds is 7. The van der Waals surface area contributed by atoms with Gasteiger partial charge in [-0.1, -0.05) is 18.1 Å². The molecule has 4 fully saturated rings. The zero-order chi connectivity index (χ0) is 43.2.